The second-order valence-corrected chi connectivity index (χ2v) is 4.92. The third-order valence-electron chi connectivity index (χ3n) is 2.41. The third-order valence-corrected chi connectivity index (χ3v) is 3.18. The van der Waals surface area contributed by atoms with Crippen molar-refractivity contribution in [2.75, 3.05) is 0 Å². The summed E-state index contributed by atoms with van der Waals surface area (Å²) in [6.07, 6.45) is 0. The molecule has 4 heteroatoms. The highest BCUT2D eigenvalue weighted by atomic mass is 32.1. The van der Waals surface area contributed by atoms with E-state index in [1.807, 2.05) is 31.2 Å². The molecule has 1 aromatic carbocycles. The van der Waals surface area contributed by atoms with E-state index in [2.05, 4.69) is 15.7 Å². The first-order chi connectivity index (χ1) is 8.15. The lowest BCUT2D eigenvalue weighted by atomic mass is 10.1. The predicted octanol–water partition coefficient (Wildman–Crippen LogP) is 2.75. The van der Waals surface area contributed by atoms with Crippen LogP contribution in [0.3, 0.4) is 0 Å². The van der Waals surface area contributed by atoms with Gasteiger partial charge >= 0.3 is 0 Å². The highest BCUT2D eigenvalue weighted by Gasteiger charge is 2.02. The molecule has 0 bridgehead atoms. The minimum Gasteiger partial charge on any atom is -0.352 e. The average molecular weight is 246 g/mol. The van der Waals surface area contributed by atoms with E-state index < -0.39 is 0 Å². The molecule has 0 fully saturated rings. The molecule has 0 spiro atoms. The number of carbonyl (C=O) groups is 1. The van der Waals surface area contributed by atoms with E-state index in [1.165, 1.54) is 6.92 Å². The van der Waals surface area contributed by atoms with Crippen molar-refractivity contribution in [1.29, 1.82) is 0 Å². The molecule has 1 heterocycles. The van der Waals surface area contributed by atoms with Gasteiger partial charge in [0.05, 0.1) is 10.7 Å². The quantitative estimate of drug-likeness (QED) is 0.904. The van der Waals surface area contributed by atoms with E-state index in [0.717, 1.165) is 21.8 Å². The Kier molecular flexibility index (Phi) is 3.54. The fourth-order valence-corrected chi connectivity index (χ4v) is 2.14. The minimum atomic E-state index is -0.01000. The van der Waals surface area contributed by atoms with Crippen LogP contribution in [0.25, 0.3) is 11.3 Å². The van der Waals surface area contributed by atoms with Crippen LogP contribution >= 0.6 is 11.3 Å². The van der Waals surface area contributed by atoms with Crippen molar-refractivity contribution >= 4 is 17.2 Å². The number of amides is 1. The molecule has 2 rings (SSSR count). The topological polar surface area (TPSA) is 42.0 Å². The number of hydrogen-bond acceptors (Lipinski definition) is 3. The molecule has 0 atom stereocenters. The van der Waals surface area contributed by atoms with Crippen LogP contribution in [0.5, 0.6) is 0 Å². The molecular weight excluding hydrogens is 232 g/mol. The zero-order chi connectivity index (χ0) is 12.3. The van der Waals surface area contributed by atoms with Crippen LogP contribution in [0.2, 0.25) is 0 Å². The molecule has 0 unspecified atom stereocenters. The zero-order valence-electron chi connectivity index (χ0n) is 9.86. The number of hydrogen-bond donors (Lipinski definition) is 1. The molecule has 2 aromatic rings. The van der Waals surface area contributed by atoms with E-state index in [0.29, 0.717) is 6.54 Å². The van der Waals surface area contributed by atoms with Gasteiger partial charge in [-0.2, -0.15) is 0 Å². The van der Waals surface area contributed by atoms with Crippen LogP contribution in [0.1, 0.15) is 17.5 Å². The van der Waals surface area contributed by atoms with Crippen LogP contribution in [-0.4, -0.2) is 10.9 Å². The minimum absolute atomic E-state index is 0.01000. The molecule has 0 aliphatic heterocycles. The molecular formula is C13H14N2OS. The first kappa shape index (κ1) is 11.8. The Labute approximate surface area is 105 Å². The lowest BCUT2D eigenvalue weighted by Gasteiger charge is -2.03. The molecule has 0 aliphatic carbocycles. The number of nitrogens with zero attached hydrogens (tertiary/aromatic N) is 1. The summed E-state index contributed by atoms with van der Waals surface area (Å²) in [4.78, 5) is 15.2. The molecule has 0 saturated heterocycles. The second kappa shape index (κ2) is 5.10. The Bertz CT molecular complexity index is 516. The van der Waals surface area contributed by atoms with Gasteiger partial charge in [0, 0.05) is 24.4 Å². The average Bonchev–Trinajstić information content (AvgIpc) is 2.74. The maximum absolute atomic E-state index is 10.8. The number of thiazole rings is 1. The molecule has 88 valence electrons. The van der Waals surface area contributed by atoms with Gasteiger partial charge in [-0.05, 0) is 12.5 Å². The van der Waals surface area contributed by atoms with Crippen molar-refractivity contribution in [2.24, 2.45) is 0 Å². The lowest BCUT2D eigenvalue weighted by Crippen LogP contribution is -2.18. The molecule has 1 N–H and O–H groups in total. The molecule has 1 amide bonds. The van der Waals surface area contributed by atoms with Crippen LogP contribution in [0.4, 0.5) is 0 Å². The maximum Gasteiger partial charge on any atom is 0.217 e. The molecule has 0 saturated carbocycles. The summed E-state index contributed by atoms with van der Waals surface area (Å²) < 4.78 is 0. The normalized spacial score (nSPS) is 10.2. The Hall–Kier alpha value is -1.68. The van der Waals surface area contributed by atoms with E-state index in [9.17, 15) is 4.79 Å². The van der Waals surface area contributed by atoms with Gasteiger partial charge in [-0.25, -0.2) is 4.98 Å². The van der Waals surface area contributed by atoms with Crippen LogP contribution in [0.15, 0.2) is 29.6 Å². The van der Waals surface area contributed by atoms with E-state index >= 15 is 0 Å². The summed E-state index contributed by atoms with van der Waals surface area (Å²) in [5.74, 6) is -0.01000. The summed E-state index contributed by atoms with van der Waals surface area (Å²) in [7, 11) is 0. The Morgan fingerprint density at radius 3 is 2.59 bits per heavy atom. The van der Waals surface area contributed by atoms with E-state index in [-0.39, 0.29) is 5.91 Å². The summed E-state index contributed by atoms with van der Waals surface area (Å²) in [6.45, 7) is 4.09. The first-order valence-corrected chi connectivity index (χ1v) is 6.29. The van der Waals surface area contributed by atoms with Crippen molar-refractivity contribution < 1.29 is 4.79 Å². The van der Waals surface area contributed by atoms with Crippen molar-refractivity contribution in [3.05, 3.63) is 40.2 Å². The fraction of sp³-hybridized carbons (Fsp3) is 0.231. The Morgan fingerprint density at radius 1 is 1.35 bits per heavy atom. The number of aryl methyl sites for hydroxylation is 1. The number of benzene rings is 1. The van der Waals surface area contributed by atoms with Gasteiger partial charge in [0.15, 0.2) is 0 Å². The van der Waals surface area contributed by atoms with Gasteiger partial charge in [0.2, 0.25) is 5.91 Å². The highest BCUT2D eigenvalue weighted by Crippen LogP contribution is 2.21. The van der Waals surface area contributed by atoms with Gasteiger partial charge in [-0.15, -0.1) is 11.3 Å². The van der Waals surface area contributed by atoms with Crippen molar-refractivity contribution in [3.8, 4) is 11.3 Å². The largest absolute Gasteiger partial charge is 0.352 e. The smallest absolute Gasteiger partial charge is 0.217 e. The number of nitrogens with one attached hydrogen (secondary N) is 1. The van der Waals surface area contributed by atoms with Crippen molar-refractivity contribution in [3.63, 3.8) is 0 Å². The van der Waals surface area contributed by atoms with Crippen LogP contribution in [-0.2, 0) is 11.3 Å². The highest BCUT2D eigenvalue weighted by molar-refractivity contribution is 7.09. The lowest BCUT2D eigenvalue weighted by molar-refractivity contribution is -0.119. The van der Waals surface area contributed by atoms with Crippen LogP contribution in [0, 0.1) is 6.92 Å². The van der Waals surface area contributed by atoms with Crippen LogP contribution < -0.4 is 5.32 Å². The Balaban J connectivity index is 2.10. The van der Waals surface area contributed by atoms with E-state index in [1.54, 1.807) is 11.3 Å². The summed E-state index contributed by atoms with van der Waals surface area (Å²) in [5, 5.41) is 5.90. The second-order valence-electron chi connectivity index (χ2n) is 3.86. The number of carbonyl (C=O) groups excluding carboxylic acids is 1. The van der Waals surface area contributed by atoms with Gasteiger partial charge in [-0.1, -0.05) is 24.3 Å². The molecule has 0 aliphatic rings. The Morgan fingerprint density at radius 2 is 2.06 bits per heavy atom. The molecule has 1 aromatic heterocycles. The maximum atomic E-state index is 10.8. The zero-order valence-corrected chi connectivity index (χ0v) is 10.7. The SMILES string of the molecule is CC(=O)NCc1ccc(-c2csc(C)n2)cc1. The predicted molar refractivity (Wildman–Crippen MR) is 69.8 cm³/mol. The standard InChI is InChI=1S/C13H14N2OS/c1-9(16)14-7-11-3-5-12(6-4-11)13-8-17-10(2)15-13/h3-6,8H,7H2,1-2H3,(H,14,16). The molecule has 17 heavy (non-hydrogen) atoms. The summed E-state index contributed by atoms with van der Waals surface area (Å²) in [5.41, 5.74) is 3.22. The third kappa shape index (κ3) is 3.14. The van der Waals surface area contributed by atoms with Gasteiger partial charge in [0.1, 0.15) is 0 Å². The van der Waals surface area contributed by atoms with E-state index in [4.69, 9.17) is 0 Å². The summed E-state index contributed by atoms with van der Waals surface area (Å²) >= 11 is 1.65. The number of rotatable bonds is 3. The van der Waals surface area contributed by atoms with Gasteiger partial charge in [0.25, 0.3) is 0 Å². The van der Waals surface area contributed by atoms with Gasteiger partial charge in [-0.3, -0.25) is 4.79 Å². The molecule has 3 nitrogen and oxygen atoms in total. The first-order valence-electron chi connectivity index (χ1n) is 5.41. The summed E-state index contributed by atoms with van der Waals surface area (Å²) in [6, 6.07) is 8.09. The monoisotopic (exact) mass is 246 g/mol. The van der Waals surface area contributed by atoms with Crippen molar-refractivity contribution in [2.45, 2.75) is 20.4 Å². The van der Waals surface area contributed by atoms with Gasteiger partial charge < -0.3 is 5.32 Å². The van der Waals surface area contributed by atoms with Crippen molar-refractivity contribution in [1.82, 2.24) is 10.3 Å². The fourth-order valence-electron chi connectivity index (χ4n) is 1.52. The molecule has 0 radical (unpaired) electrons. The number of aromatic nitrogens is 1.